The molecule has 6 nitrogen and oxygen atoms in total. The zero-order chi connectivity index (χ0) is 16.4. The molecule has 2 amide bonds. The molecular weight excluding hydrogens is 332 g/mol. The van der Waals surface area contributed by atoms with Crippen LogP contribution in [-0.4, -0.2) is 44.0 Å². The minimum atomic E-state index is -0.490. The van der Waals surface area contributed by atoms with Gasteiger partial charge >= 0.3 is 0 Å². The van der Waals surface area contributed by atoms with Crippen molar-refractivity contribution in [3.05, 3.63) is 40.4 Å². The van der Waals surface area contributed by atoms with Crippen molar-refractivity contribution in [1.29, 1.82) is 0 Å². The first kappa shape index (κ1) is 15.9. The summed E-state index contributed by atoms with van der Waals surface area (Å²) in [6.07, 6.45) is 0. The van der Waals surface area contributed by atoms with E-state index in [1.807, 2.05) is 32.0 Å². The standard InChI is InChI=1S/C15H16N4O2S2/c1-9-3-4-11(5-10(9)2)16-14(20)13-7-22-8-19(13)15(21)12-6-23-18-17-12/h3-6,13H,7-8H2,1-2H3,(H,16,20)/t13-/m1/s1. The molecule has 2 heterocycles. The molecule has 0 radical (unpaired) electrons. The number of thioether (sulfide) groups is 1. The second-order valence-electron chi connectivity index (χ2n) is 5.37. The molecule has 1 aromatic heterocycles. The van der Waals surface area contributed by atoms with Gasteiger partial charge in [0.15, 0.2) is 5.69 Å². The molecule has 1 N–H and O–H groups in total. The molecule has 0 saturated carbocycles. The van der Waals surface area contributed by atoms with Crippen LogP contribution in [0.3, 0.4) is 0 Å². The minimum absolute atomic E-state index is 0.171. The van der Waals surface area contributed by atoms with E-state index in [0.29, 0.717) is 17.3 Å². The molecule has 1 fully saturated rings. The van der Waals surface area contributed by atoms with Crippen molar-refractivity contribution in [3.63, 3.8) is 0 Å². The summed E-state index contributed by atoms with van der Waals surface area (Å²) in [6, 6.07) is 5.29. The summed E-state index contributed by atoms with van der Waals surface area (Å²) < 4.78 is 3.71. The maximum atomic E-state index is 12.5. The Hall–Kier alpha value is -1.93. The molecule has 1 aliphatic heterocycles. The fourth-order valence-corrected chi connectivity index (χ4v) is 3.89. The lowest BCUT2D eigenvalue weighted by Gasteiger charge is -2.22. The molecule has 1 aromatic carbocycles. The maximum Gasteiger partial charge on any atom is 0.276 e. The molecular formula is C15H16N4O2S2. The average Bonchev–Trinajstić information content (AvgIpc) is 3.21. The smallest absolute Gasteiger partial charge is 0.276 e. The molecule has 0 spiro atoms. The normalized spacial score (nSPS) is 17.3. The number of carbonyl (C=O) groups is 2. The molecule has 3 rings (SSSR count). The van der Waals surface area contributed by atoms with Gasteiger partial charge in [0, 0.05) is 16.8 Å². The number of anilines is 1. The molecule has 2 aromatic rings. The summed E-state index contributed by atoms with van der Waals surface area (Å²) in [5.74, 6) is 0.653. The summed E-state index contributed by atoms with van der Waals surface area (Å²) in [5.41, 5.74) is 3.33. The predicted molar refractivity (Wildman–Crippen MR) is 91.7 cm³/mol. The van der Waals surface area contributed by atoms with Crippen LogP contribution < -0.4 is 5.32 Å². The molecule has 0 unspecified atom stereocenters. The first-order valence-electron chi connectivity index (χ1n) is 7.10. The van der Waals surface area contributed by atoms with E-state index < -0.39 is 6.04 Å². The van der Waals surface area contributed by atoms with Crippen LogP contribution in [0.5, 0.6) is 0 Å². The zero-order valence-corrected chi connectivity index (χ0v) is 14.4. The number of hydrogen-bond donors (Lipinski definition) is 1. The van der Waals surface area contributed by atoms with E-state index in [1.165, 1.54) is 5.56 Å². The second-order valence-corrected chi connectivity index (χ2v) is 6.98. The Labute approximate surface area is 142 Å². The molecule has 0 aliphatic carbocycles. The Morgan fingerprint density at radius 2 is 2.13 bits per heavy atom. The first-order valence-corrected chi connectivity index (χ1v) is 9.09. The Bertz CT molecular complexity index is 733. The molecule has 120 valence electrons. The highest BCUT2D eigenvalue weighted by atomic mass is 32.2. The Morgan fingerprint density at radius 1 is 1.30 bits per heavy atom. The summed E-state index contributed by atoms with van der Waals surface area (Å²) in [4.78, 5) is 26.5. The van der Waals surface area contributed by atoms with E-state index in [-0.39, 0.29) is 11.8 Å². The van der Waals surface area contributed by atoms with Crippen molar-refractivity contribution >= 4 is 40.8 Å². The number of nitrogens with one attached hydrogen (secondary N) is 1. The van der Waals surface area contributed by atoms with Gasteiger partial charge < -0.3 is 10.2 Å². The number of carbonyl (C=O) groups excluding carboxylic acids is 2. The lowest BCUT2D eigenvalue weighted by atomic mass is 10.1. The van der Waals surface area contributed by atoms with Gasteiger partial charge in [0.2, 0.25) is 5.91 Å². The number of rotatable bonds is 3. The van der Waals surface area contributed by atoms with Gasteiger partial charge in [-0.15, -0.1) is 16.9 Å². The van der Waals surface area contributed by atoms with Crippen LogP contribution in [-0.2, 0) is 4.79 Å². The lowest BCUT2D eigenvalue weighted by Crippen LogP contribution is -2.44. The molecule has 8 heteroatoms. The molecule has 1 aliphatic rings. The Morgan fingerprint density at radius 3 is 2.83 bits per heavy atom. The highest BCUT2D eigenvalue weighted by molar-refractivity contribution is 7.99. The number of hydrogen-bond acceptors (Lipinski definition) is 6. The van der Waals surface area contributed by atoms with E-state index in [1.54, 1.807) is 22.0 Å². The van der Waals surface area contributed by atoms with Gasteiger partial charge in [-0.1, -0.05) is 10.6 Å². The van der Waals surface area contributed by atoms with Crippen LogP contribution in [0.1, 0.15) is 21.6 Å². The SMILES string of the molecule is Cc1ccc(NC(=O)[C@H]2CSCN2C(=O)c2csnn2)cc1C. The second kappa shape index (κ2) is 6.67. The van der Waals surface area contributed by atoms with Gasteiger partial charge in [-0.3, -0.25) is 9.59 Å². The average molecular weight is 348 g/mol. The topological polar surface area (TPSA) is 75.2 Å². The van der Waals surface area contributed by atoms with E-state index in [9.17, 15) is 9.59 Å². The van der Waals surface area contributed by atoms with E-state index in [2.05, 4.69) is 14.9 Å². The number of nitrogens with zero attached hydrogens (tertiary/aromatic N) is 3. The molecule has 23 heavy (non-hydrogen) atoms. The molecule has 1 saturated heterocycles. The van der Waals surface area contributed by atoms with Crippen LogP contribution in [0.15, 0.2) is 23.6 Å². The quantitative estimate of drug-likeness (QED) is 0.921. The Kier molecular flexibility index (Phi) is 4.63. The fraction of sp³-hybridized carbons (Fsp3) is 0.333. The van der Waals surface area contributed by atoms with Crippen LogP contribution in [0.4, 0.5) is 5.69 Å². The summed E-state index contributed by atoms with van der Waals surface area (Å²) in [7, 11) is 0. The fourth-order valence-electron chi connectivity index (χ4n) is 2.31. The van der Waals surface area contributed by atoms with E-state index >= 15 is 0 Å². The number of amides is 2. The third-order valence-electron chi connectivity index (χ3n) is 3.80. The third-order valence-corrected chi connectivity index (χ3v) is 5.32. The summed E-state index contributed by atoms with van der Waals surface area (Å²) in [6.45, 7) is 4.03. The van der Waals surface area contributed by atoms with Crippen LogP contribution in [0, 0.1) is 13.8 Å². The highest BCUT2D eigenvalue weighted by Crippen LogP contribution is 2.24. The first-order chi connectivity index (χ1) is 11.1. The van der Waals surface area contributed by atoms with Crippen LogP contribution >= 0.6 is 23.3 Å². The van der Waals surface area contributed by atoms with Gasteiger partial charge in [0.1, 0.15) is 6.04 Å². The molecule has 0 bridgehead atoms. The molecule has 1 atom stereocenters. The maximum absolute atomic E-state index is 12.5. The number of benzene rings is 1. The third kappa shape index (κ3) is 3.37. The summed E-state index contributed by atoms with van der Waals surface area (Å²) >= 11 is 2.69. The van der Waals surface area contributed by atoms with Crippen molar-refractivity contribution in [1.82, 2.24) is 14.5 Å². The van der Waals surface area contributed by atoms with Crippen molar-refractivity contribution < 1.29 is 9.59 Å². The van der Waals surface area contributed by atoms with Crippen molar-refractivity contribution in [2.75, 3.05) is 16.9 Å². The van der Waals surface area contributed by atoms with Crippen LogP contribution in [0.25, 0.3) is 0 Å². The van der Waals surface area contributed by atoms with Crippen molar-refractivity contribution in [2.45, 2.75) is 19.9 Å². The van der Waals surface area contributed by atoms with Gasteiger partial charge in [-0.25, -0.2) is 0 Å². The van der Waals surface area contributed by atoms with Gasteiger partial charge in [-0.2, -0.15) is 0 Å². The van der Waals surface area contributed by atoms with Crippen molar-refractivity contribution in [2.24, 2.45) is 0 Å². The Balaban J connectivity index is 1.73. The lowest BCUT2D eigenvalue weighted by molar-refractivity contribution is -0.119. The highest BCUT2D eigenvalue weighted by Gasteiger charge is 2.36. The monoisotopic (exact) mass is 348 g/mol. The van der Waals surface area contributed by atoms with Gasteiger partial charge in [-0.05, 0) is 48.6 Å². The zero-order valence-electron chi connectivity index (χ0n) is 12.8. The van der Waals surface area contributed by atoms with Crippen LogP contribution in [0.2, 0.25) is 0 Å². The summed E-state index contributed by atoms with van der Waals surface area (Å²) in [5, 5.41) is 8.30. The number of aryl methyl sites for hydroxylation is 2. The van der Waals surface area contributed by atoms with Gasteiger partial charge in [0.25, 0.3) is 5.91 Å². The van der Waals surface area contributed by atoms with E-state index in [0.717, 1.165) is 22.8 Å². The number of aromatic nitrogens is 2. The van der Waals surface area contributed by atoms with Crippen molar-refractivity contribution in [3.8, 4) is 0 Å². The minimum Gasteiger partial charge on any atom is -0.324 e. The largest absolute Gasteiger partial charge is 0.324 e. The van der Waals surface area contributed by atoms with E-state index in [4.69, 9.17) is 0 Å². The predicted octanol–water partition coefficient (Wildman–Crippen LogP) is 2.31. The van der Waals surface area contributed by atoms with Gasteiger partial charge in [0.05, 0.1) is 5.88 Å².